The average molecular weight is 209 g/mol. The fraction of sp³-hybridized carbons (Fsp3) is 0.364. The van der Waals surface area contributed by atoms with Gasteiger partial charge in [-0.2, -0.15) is 0 Å². The number of carboxylic acid groups (broad SMARTS) is 1. The Morgan fingerprint density at radius 1 is 1.33 bits per heavy atom. The molecular weight excluding hydrogens is 194 g/mol. The molecule has 0 saturated carbocycles. The normalized spacial score (nSPS) is 12.3. The van der Waals surface area contributed by atoms with E-state index >= 15 is 0 Å². The molecule has 0 aliphatic carbocycles. The van der Waals surface area contributed by atoms with Gasteiger partial charge < -0.3 is 15.5 Å². The maximum absolute atomic E-state index is 10.3. The molecule has 0 aliphatic heterocycles. The number of benzene rings is 1. The van der Waals surface area contributed by atoms with Crippen LogP contribution in [0.15, 0.2) is 30.3 Å². The zero-order chi connectivity index (χ0) is 11.1. The van der Waals surface area contributed by atoms with E-state index in [2.05, 4.69) is 5.32 Å². The molecule has 3 N–H and O–H groups in total. The van der Waals surface area contributed by atoms with Gasteiger partial charge in [0.15, 0.2) is 0 Å². The molecule has 4 nitrogen and oxygen atoms in total. The predicted molar refractivity (Wildman–Crippen MR) is 56.4 cm³/mol. The summed E-state index contributed by atoms with van der Waals surface area (Å²) in [6.07, 6.45) is -1.05. The second-order valence-corrected chi connectivity index (χ2v) is 3.37. The Morgan fingerprint density at radius 3 is 2.60 bits per heavy atom. The van der Waals surface area contributed by atoms with Gasteiger partial charge in [-0.15, -0.1) is 0 Å². The number of nitrogens with one attached hydrogen (secondary N) is 1. The molecule has 82 valence electrons. The lowest BCUT2D eigenvalue weighted by atomic mass is 10.2. The van der Waals surface area contributed by atoms with Crippen LogP contribution in [-0.4, -0.2) is 28.8 Å². The van der Waals surface area contributed by atoms with Gasteiger partial charge in [0.2, 0.25) is 0 Å². The van der Waals surface area contributed by atoms with Crippen LogP contribution in [0.4, 0.5) is 0 Å². The third kappa shape index (κ3) is 5.15. The molecule has 0 radical (unpaired) electrons. The van der Waals surface area contributed by atoms with Gasteiger partial charge in [0, 0.05) is 13.1 Å². The van der Waals surface area contributed by atoms with Gasteiger partial charge in [-0.05, 0) is 5.56 Å². The Morgan fingerprint density at radius 2 is 2.00 bits per heavy atom. The lowest BCUT2D eigenvalue weighted by Crippen LogP contribution is -2.28. The standard InChI is InChI=1S/C11H15NO3/c13-10(6-11(14)15)8-12-7-9-4-2-1-3-5-9/h1-5,10,12-13H,6-8H2,(H,14,15)/t10-/m0/s1. The number of carbonyl (C=O) groups is 1. The second-order valence-electron chi connectivity index (χ2n) is 3.37. The molecular formula is C11H15NO3. The van der Waals surface area contributed by atoms with E-state index in [0.717, 1.165) is 5.56 Å². The molecule has 0 amide bonds. The molecule has 15 heavy (non-hydrogen) atoms. The fourth-order valence-electron chi connectivity index (χ4n) is 1.25. The minimum absolute atomic E-state index is 0.220. The Hall–Kier alpha value is -1.39. The number of aliphatic hydroxyl groups is 1. The first-order chi connectivity index (χ1) is 7.18. The summed E-state index contributed by atoms with van der Waals surface area (Å²) in [6.45, 7) is 0.929. The van der Waals surface area contributed by atoms with Gasteiger partial charge in [-0.25, -0.2) is 0 Å². The summed E-state index contributed by atoms with van der Waals surface area (Å²) in [4.78, 5) is 10.3. The quantitative estimate of drug-likeness (QED) is 0.642. The summed E-state index contributed by atoms with van der Waals surface area (Å²) in [7, 11) is 0. The van der Waals surface area contributed by atoms with Crippen LogP contribution in [0.25, 0.3) is 0 Å². The molecule has 0 aromatic heterocycles. The highest BCUT2D eigenvalue weighted by Gasteiger charge is 2.08. The van der Waals surface area contributed by atoms with Crippen molar-refractivity contribution in [3.8, 4) is 0 Å². The molecule has 1 rings (SSSR count). The van der Waals surface area contributed by atoms with Crippen molar-refractivity contribution < 1.29 is 15.0 Å². The van der Waals surface area contributed by atoms with Crippen molar-refractivity contribution in [2.75, 3.05) is 6.54 Å². The Balaban J connectivity index is 2.19. The summed E-state index contributed by atoms with van der Waals surface area (Å²) in [5, 5.41) is 20.7. The van der Waals surface area contributed by atoms with Crippen molar-refractivity contribution in [3.05, 3.63) is 35.9 Å². The van der Waals surface area contributed by atoms with E-state index in [1.54, 1.807) is 0 Å². The lowest BCUT2D eigenvalue weighted by Gasteiger charge is -2.09. The van der Waals surface area contributed by atoms with Crippen LogP contribution in [0.2, 0.25) is 0 Å². The van der Waals surface area contributed by atoms with E-state index < -0.39 is 12.1 Å². The Bertz CT molecular complexity index is 300. The minimum atomic E-state index is -0.982. The highest BCUT2D eigenvalue weighted by molar-refractivity contribution is 5.67. The van der Waals surface area contributed by atoms with Gasteiger partial charge >= 0.3 is 5.97 Å². The summed E-state index contributed by atoms with van der Waals surface area (Å²) in [5.74, 6) is -0.982. The average Bonchev–Trinajstić information content (AvgIpc) is 2.18. The zero-order valence-electron chi connectivity index (χ0n) is 8.39. The smallest absolute Gasteiger partial charge is 0.306 e. The van der Waals surface area contributed by atoms with E-state index in [0.29, 0.717) is 13.1 Å². The first-order valence-electron chi connectivity index (χ1n) is 4.83. The molecule has 1 aromatic carbocycles. The fourth-order valence-corrected chi connectivity index (χ4v) is 1.25. The molecule has 0 heterocycles. The first kappa shape index (κ1) is 11.7. The van der Waals surface area contributed by atoms with Crippen LogP contribution < -0.4 is 5.32 Å². The van der Waals surface area contributed by atoms with E-state index in [4.69, 9.17) is 5.11 Å². The van der Waals surface area contributed by atoms with Gasteiger partial charge in [-0.3, -0.25) is 4.79 Å². The van der Waals surface area contributed by atoms with Crippen molar-refractivity contribution in [1.29, 1.82) is 0 Å². The highest BCUT2D eigenvalue weighted by atomic mass is 16.4. The monoisotopic (exact) mass is 209 g/mol. The Labute approximate surface area is 88.6 Å². The van der Waals surface area contributed by atoms with Crippen molar-refractivity contribution >= 4 is 5.97 Å². The molecule has 0 spiro atoms. The summed E-state index contributed by atoms with van der Waals surface area (Å²) < 4.78 is 0. The minimum Gasteiger partial charge on any atom is -0.481 e. The number of hydrogen-bond acceptors (Lipinski definition) is 3. The largest absolute Gasteiger partial charge is 0.481 e. The van der Waals surface area contributed by atoms with Crippen molar-refractivity contribution in [3.63, 3.8) is 0 Å². The summed E-state index contributed by atoms with van der Waals surface area (Å²) in [5.41, 5.74) is 1.11. The van der Waals surface area contributed by atoms with Crippen LogP contribution in [0, 0.1) is 0 Å². The van der Waals surface area contributed by atoms with E-state index in [-0.39, 0.29) is 6.42 Å². The van der Waals surface area contributed by atoms with E-state index in [1.807, 2.05) is 30.3 Å². The van der Waals surface area contributed by atoms with Crippen LogP contribution in [0.3, 0.4) is 0 Å². The van der Waals surface area contributed by atoms with Crippen LogP contribution >= 0.6 is 0 Å². The third-order valence-electron chi connectivity index (χ3n) is 1.96. The predicted octanol–water partition coefficient (Wildman–Crippen LogP) is 0.612. The molecule has 0 unspecified atom stereocenters. The lowest BCUT2D eigenvalue weighted by molar-refractivity contribution is -0.139. The number of rotatable bonds is 6. The highest BCUT2D eigenvalue weighted by Crippen LogP contribution is 1.97. The third-order valence-corrected chi connectivity index (χ3v) is 1.96. The first-order valence-corrected chi connectivity index (χ1v) is 4.83. The molecule has 0 saturated heterocycles. The zero-order valence-corrected chi connectivity index (χ0v) is 8.39. The number of aliphatic hydroxyl groups excluding tert-OH is 1. The molecule has 0 aliphatic rings. The number of carboxylic acids is 1. The van der Waals surface area contributed by atoms with Crippen LogP contribution in [0.5, 0.6) is 0 Å². The number of hydrogen-bond donors (Lipinski definition) is 3. The van der Waals surface area contributed by atoms with Gasteiger partial charge in [-0.1, -0.05) is 30.3 Å². The van der Waals surface area contributed by atoms with Gasteiger partial charge in [0.25, 0.3) is 0 Å². The molecule has 0 fully saturated rings. The van der Waals surface area contributed by atoms with Crippen molar-refractivity contribution in [2.24, 2.45) is 0 Å². The van der Waals surface area contributed by atoms with Gasteiger partial charge in [0.05, 0.1) is 12.5 Å². The molecule has 4 heteroatoms. The van der Waals surface area contributed by atoms with E-state index in [9.17, 15) is 9.90 Å². The van der Waals surface area contributed by atoms with Crippen LogP contribution in [0.1, 0.15) is 12.0 Å². The van der Waals surface area contributed by atoms with Gasteiger partial charge in [0.1, 0.15) is 0 Å². The van der Waals surface area contributed by atoms with E-state index in [1.165, 1.54) is 0 Å². The molecule has 0 bridgehead atoms. The van der Waals surface area contributed by atoms with Crippen molar-refractivity contribution in [1.82, 2.24) is 5.32 Å². The molecule has 1 aromatic rings. The maximum atomic E-state index is 10.3. The second kappa shape index (κ2) is 6.16. The maximum Gasteiger partial charge on any atom is 0.306 e. The SMILES string of the molecule is O=C(O)C[C@H](O)CNCc1ccccc1. The topological polar surface area (TPSA) is 69.6 Å². The summed E-state index contributed by atoms with van der Waals surface area (Å²) in [6, 6.07) is 9.74. The summed E-state index contributed by atoms with van der Waals surface area (Å²) >= 11 is 0. The molecule has 1 atom stereocenters. The van der Waals surface area contributed by atoms with Crippen LogP contribution in [-0.2, 0) is 11.3 Å². The number of aliphatic carboxylic acids is 1. The van der Waals surface area contributed by atoms with Crippen molar-refractivity contribution in [2.45, 2.75) is 19.1 Å². The Kier molecular flexibility index (Phi) is 4.80.